The van der Waals surface area contributed by atoms with E-state index in [1.807, 2.05) is 0 Å². The van der Waals surface area contributed by atoms with E-state index in [-0.39, 0.29) is 6.42 Å². The van der Waals surface area contributed by atoms with Crippen LogP contribution in [0.3, 0.4) is 0 Å². The number of cyclic esters (lactones) is 1. The van der Waals surface area contributed by atoms with Crippen molar-refractivity contribution in [2.75, 3.05) is 0 Å². The molecule has 15 nitrogen and oxygen atoms in total. The Morgan fingerprint density at radius 1 is 0.917 bits per heavy atom. The summed E-state index contributed by atoms with van der Waals surface area (Å²) in [5.74, 6) is -5.97. The molecule has 3 rings (SSSR count). The summed E-state index contributed by atoms with van der Waals surface area (Å²) in [5.41, 5.74) is 5.96. The van der Waals surface area contributed by atoms with Gasteiger partial charge in [0.15, 0.2) is 12.1 Å². The Balaban J connectivity index is 1.92. The second kappa shape index (κ2) is 18.3. The number of allylic oxidation sites excluding steroid dienone is 6. The molecule has 3 aliphatic rings. The fourth-order valence-corrected chi connectivity index (χ4v) is 5.77. The number of carbonyl (C=O) groups excluding carboxylic acids is 1. The number of carbonyl (C=O) groups is 2. The third-order valence-electron chi connectivity index (χ3n) is 8.36. The van der Waals surface area contributed by atoms with E-state index < -0.39 is 116 Å². The molecule has 2 fully saturated rings. The van der Waals surface area contributed by atoms with Crippen LogP contribution in [0.1, 0.15) is 46.0 Å². The highest BCUT2D eigenvalue weighted by molar-refractivity contribution is 5.82. The predicted molar refractivity (Wildman–Crippen MR) is 169 cm³/mol. The van der Waals surface area contributed by atoms with Gasteiger partial charge in [-0.1, -0.05) is 48.6 Å². The molecule has 0 aromatic heterocycles. The van der Waals surface area contributed by atoms with Crippen LogP contribution in [-0.4, -0.2) is 132 Å². The fourth-order valence-electron chi connectivity index (χ4n) is 5.77. The van der Waals surface area contributed by atoms with Crippen molar-refractivity contribution in [3.63, 3.8) is 0 Å². The Morgan fingerprint density at radius 2 is 1.58 bits per heavy atom. The molecule has 270 valence electrons. The van der Waals surface area contributed by atoms with E-state index in [0.717, 1.165) is 12.2 Å². The first-order valence-electron chi connectivity index (χ1n) is 15.9. The molecule has 9 unspecified atom stereocenters. The molecule has 3 heterocycles. The molecule has 14 atom stereocenters. The van der Waals surface area contributed by atoms with E-state index in [1.165, 1.54) is 6.08 Å². The lowest BCUT2D eigenvalue weighted by Crippen LogP contribution is -2.61. The molecule has 2 saturated heterocycles. The first-order chi connectivity index (χ1) is 22.6. The smallest absolute Gasteiger partial charge is 0.330 e. The van der Waals surface area contributed by atoms with Gasteiger partial charge < -0.3 is 65.5 Å². The quantitative estimate of drug-likeness (QED) is 0.163. The van der Waals surface area contributed by atoms with Crippen LogP contribution in [0.15, 0.2) is 60.8 Å². The van der Waals surface area contributed by atoms with E-state index in [1.54, 1.807) is 56.4 Å². The molecule has 3 aliphatic heterocycles. The molecule has 0 spiro atoms. The van der Waals surface area contributed by atoms with Gasteiger partial charge in [0, 0.05) is 38.2 Å². The van der Waals surface area contributed by atoms with Crippen LogP contribution >= 0.6 is 0 Å². The van der Waals surface area contributed by atoms with Crippen LogP contribution in [-0.2, 0) is 28.5 Å². The second-order valence-electron chi connectivity index (χ2n) is 12.5. The fraction of sp³-hybridized carbons (Fsp3) is 0.636. The Hall–Kier alpha value is -2.80. The van der Waals surface area contributed by atoms with Gasteiger partial charge in [-0.05, 0) is 19.9 Å². The van der Waals surface area contributed by atoms with Gasteiger partial charge >= 0.3 is 11.9 Å². The van der Waals surface area contributed by atoms with Crippen LogP contribution in [0.5, 0.6) is 0 Å². The molecular weight excluding hydrogens is 634 g/mol. The summed E-state index contributed by atoms with van der Waals surface area (Å²) in [6.45, 7) is 3.22. The molecule has 0 radical (unpaired) electrons. The number of carboxylic acid groups (broad SMARTS) is 1. The highest BCUT2D eigenvalue weighted by atomic mass is 16.7. The average molecular weight is 684 g/mol. The van der Waals surface area contributed by atoms with Crippen LogP contribution < -0.4 is 5.73 Å². The number of aliphatic carboxylic acids is 1. The van der Waals surface area contributed by atoms with Gasteiger partial charge in [0.2, 0.25) is 0 Å². The number of esters is 1. The van der Waals surface area contributed by atoms with E-state index in [9.17, 15) is 50.4 Å². The number of rotatable bonds is 3. The number of hydrogen-bond acceptors (Lipinski definition) is 14. The van der Waals surface area contributed by atoms with Gasteiger partial charge in [-0.15, -0.1) is 0 Å². The molecule has 0 aromatic rings. The monoisotopic (exact) mass is 683 g/mol. The minimum absolute atomic E-state index is 0.283. The number of carboxylic acids is 1. The van der Waals surface area contributed by atoms with Crippen LogP contribution in [0.25, 0.3) is 0 Å². The van der Waals surface area contributed by atoms with Crippen molar-refractivity contribution >= 4 is 11.9 Å². The zero-order valence-electron chi connectivity index (χ0n) is 26.9. The van der Waals surface area contributed by atoms with Crippen LogP contribution in [0.2, 0.25) is 0 Å². The number of aliphatic hydroxyl groups excluding tert-OH is 6. The number of ether oxygens (including phenoxy) is 4. The van der Waals surface area contributed by atoms with E-state index in [2.05, 4.69) is 0 Å². The van der Waals surface area contributed by atoms with Crippen molar-refractivity contribution in [3.05, 3.63) is 60.8 Å². The van der Waals surface area contributed by atoms with Crippen molar-refractivity contribution in [2.45, 2.75) is 125 Å². The van der Waals surface area contributed by atoms with Gasteiger partial charge in [0.25, 0.3) is 0 Å². The van der Waals surface area contributed by atoms with Crippen molar-refractivity contribution in [2.24, 2.45) is 11.7 Å². The van der Waals surface area contributed by atoms with Gasteiger partial charge in [0.05, 0.1) is 54.9 Å². The highest BCUT2D eigenvalue weighted by Crippen LogP contribution is 2.38. The Kier molecular flexibility index (Phi) is 15.1. The van der Waals surface area contributed by atoms with Crippen LogP contribution in [0.4, 0.5) is 0 Å². The molecule has 0 aromatic carbocycles. The summed E-state index contributed by atoms with van der Waals surface area (Å²) in [6, 6.07) is -1.11. The number of aliphatic hydroxyl groups is 7. The molecule has 15 heteroatoms. The van der Waals surface area contributed by atoms with Crippen molar-refractivity contribution < 1.29 is 69.4 Å². The van der Waals surface area contributed by atoms with Gasteiger partial charge in [-0.25, -0.2) is 4.79 Å². The lowest BCUT2D eigenvalue weighted by atomic mass is 9.82. The van der Waals surface area contributed by atoms with E-state index in [4.69, 9.17) is 24.7 Å². The summed E-state index contributed by atoms with van der Waals surface area (Å²) >= 11 is 0. The number of hydrogen-bond donors (Lipinski definition) is 9. The lowest BCUT2D eigenvalue weighted by molar-refractivity contribution is -0.308. The molecule has 0 aliphatic carbocycles. The molecule has 2 bridgehead atoms. The molecular formula is C33H49NO14. The average Bonchev–Trinajstić information content (AvgIpc) is 2.99. The Bertz CT molecular complexity index is 1200. The van der Waals surface area contributed by atoms with Gasteiger partial charge in [0.1, 0.15) is 18.1 Å². The van der Waals surface area contributed by atoms with E-state index >= 15 is 0 Å². The predicted octanol–water partition coefficient (Wildman–Crippen LogP) is -0.926. The topological polar surface area (TPSA) is 259 Å². The third-order valence-corrected chi connectivity index (χ3v) is 8.36. The minimum atomic E-state index is -2.27. The number of nitrogens with two attached hydrogens (primary N) is 1. The SMILES string of the molecule is CC1C/C=C/C=C/C=C/C=C/C(OC2O[C@H](C)C(O)[C@H](N)[C@@H]2O)C[C@@H]2OC(O)(CC(O)CC(O)C(O)/C=C/C(=O)O1)C[C@H](O)C2C(=O)O. The largest absolute Gasteiger partial charge is 0.481 e. The summed E-state index contributed by atoms with van der Waals surface area (Å²) in [4.78, 5) is 24.4. The van der Waals surface area contributed by atoms with Crippen molar-refractivity contribution in [1.82, 2.24) is 0 Å². The van der Waals surface area contributed by atoms with E-state index in [0.29, 0.717) is 6.42 Å². The molecule has 0 amide bonds. The van der Waals surface area contributed by atoms with Gasteiger partial charge in [-0.2, -0.15) is 0 Å². The molecule has 10 N–H and O–H groups in total. The zero-order chi connectivity index (χ0) is 35.6. The maximum atomic E-state index is 12.3. The summed E-state index contributed by atoms with van der Waals surface area (Å²) in [5, 5.41) is 84.4. The summed E-state index contributed by atoms with van der Waals surface area (Å²) in [7, 11) is 0. The number of fused-ring (bicyclic) bond motifs is 2. The minimum Gasteiger partial charge on any atom is -0.481 e. The third kappa shape index (κ3) is 11.7. The first kappa shape index (κ1) is 39.6. The van der Waals surface area contributed by atoms with Gasteiger partial charge in [-0.3, -0.25) is 4.79 Å². The summed E-state index contributed by atoms with van der Waals surface area (Å²) < 4.78 is 22.7. The summed E-state index contributed by atoms with van der Waals surface area (Å²) in [6.07, 6.45) is -0.201. The maximum Gasteiger partial charge on any atom is 0.330 e. The highest BCUT2D eigenvalue weighted by Gasteiger charge is 2.51. The first-order valence-corrected chi connectivity index (χ1v) is 15.9. The normalized spacial score (nSPS) is 45.9. The van der Waals surface area contributed by atoms with Crippen molar-refractivity contribution in [3.8, 4) is 0 Å². The van der Waals surface area contributed by atoms with Crippen molar-refractivity contribution in [1.29, 1.82) is 0 Å². The Labute approximate surface area is 278 Å². The second-order valence-corrected chi connectivity index (χ2v) is 12.5. The standard InChI is InChI=1S/C33H49NO14/c1-18-10-8-6-4-3-5-7-9-11-21(47-32-30(41)28(34)29(40)19(2)46-32)15-25-27(31(42)43)24(38)17-33(44,48-25)16-20(35)14-23(37)22(36)12-13-26(39)45-18/h3-9,11-13,18-25,27-30,32,35-38,40-41,44H,10,14-17,34H2,1-2H3,(H,42,43)/b4-3+,7-5+,8-6+,11-9+,13-12+/t18?,19-,20?,21?,22?,23?,24+,25+,27?,28+,29?,30+,32?,33?/m1/s1. The molecule has 0 saturated carbocycles. The maximum absolute atomic E-state index is 12.3. The lowest BCUT2D eigenvalue weighted by Gasteiger charge is -2.45. The zero-order valence-corrected chi connectivity index (χ0v) is 26.9. The molecule has 48 heavy (non-hydrogen) atoms. The Morgan fingerprint density at radius 3 is 2.27 bits per heavy atom. The van der Waals surface area contributed by atoms with Crippen LogP contribution in [0, 0.1) is 5.92 Å².